The summed E-state index contributed by atoms with van der Waals surface area (Å²) in [6.07, 6.45) is -5.49. The highest BCUT2D eigenvalue weighted by atomic mass is 32.2. The first-order valence-corrected chi connectivity index (χ1v) is 4.75. The van der Waals surface area contributed by atoms with Gasteiger partial charge in [0.25, 0.3) is 14.2 Å². The van der Waals surface area contributed by atoms with Gasteiger partial charge in [0.05, 0.1) is 0 Å². The Morgan fingerprint density at radius 2 is 1.58 bits per heavy atom. The van der Waals surface area contributed by atoms with Crippen molar-refractivity contribution in [1.29, 1.82) is 0 Å². The molecule has 0 unspecified atom stereocenters. The van der Waals surface area contributed by atoms with E-state index in [2.05, 4.69) is 5.14 Å². The van der Waals surface area contributed by atoms with Crippen LogP contribution in [0.4, 0.5) is 13.2 Å². The molecule has 0 aromatic heterocycles. The standard InChI is InChI=1S/C2H2F3NO4S2/c3-2(4,5)1(11(7)8)12(6,9)10/h(H2,6,9,10). The van der Waals surface area contributed by atoms with Gasteiger partial charge in [-0.25, -0.2) is 13.6 Å². The van der Waals surface area contributed by atoms with Crippen LogP contribution in [0.25, 0.3) is 0 Å². The first kappa shape index (κ1) is 11.4. The van der Waals surface area contributed by atoms with Crippen LogP contribution in [-0.2, 0) is 20.3 Å². The van der Waals surface area contributed by atoms with Crippen LogP contribution in [0.1, 0.15) is 0 Å². The molecular formula is C2H2F3NO4S2. The molecule has 2 N–H and O–H groups in total. The van der Waals surface area contributed by atoms with E-state index >= 15 is 0 Å². The number of sulfonamides is 1. The van der Waals surface area contributed by atoms with Gasteiger partial charge in [0, 0.05) is 0 Å². The fourth-order valence-corrected chi connectivity index (χ4v) is 1.62. The Balaban J connectivity index is 5.81. The SMILES string of the molecule is NS(=O)(=O)C(=S(=O)=O)C(F)(F)F. The minimum atomic E-state index is -5.49. The lowest BCUT2D eigenvalue weighted by atomic mass is 10.8. The van der Waals surface area contributed by atoms with Gasteiger partial charge in [-0.3, -0.25) is 0 Å². The zero-order chi connectivity index (χ0) is 10.2. The Morgan fingerprint density at radius 1 is 1.25 bits per heavy atom. The summed E-state index contributed by atoms with van der Waals surface area (Å²) in [5.74, 6) is 0. The van der Waals surface area contributed by atoms with Gasteiger partial charge < -0.3 is 0 Å². The van der Waals surface area contributed by atoms with E-state index in [0.717, 1.165) is 0 Å². The Morgan fingerprint density at radius 3 is 1.58 bits per heavy atom. The monoisotopic (exact) mass is 225 g/mol. The lowest BCUT2D eigenvalue weighted by molar-refractivity contribution is -0.0537. The third kappa shape index (κ3) is 2.79. The van der Waals surface area contributed by atoms with Crippen LogP contribution in [-0.4, -0.2) is 27.2 Å². The molecule has 0 aliphatic heterocycles. The molecule has 0 aliphatic rings. The highest BCUT2D eigenvalue weighted by molar-refractivity contribution is 8.14. The lowest BCUT2D eigenvalue weighted by Crippen LogP contribution is -2.36. The summed E-state index contributed by atoms with van der Waals surface area (Å²) in [6.45, 7) is 0. The van der Waals surface area contributed by atoms with Crippen molar-refractivity contribution in [2.24, 2.45) is 5.14 Å². The van der Waals surface area contributed by atoms with E-state index < -0.39 is 30.7 Å². The Bertz CT molecular complexity index is 392. The molecule has 0 atom stereocenters. The first-order chi connectivity index (χ1) is 5.07. The number of hydrogen-bond acceptors (Lipinski definition) is 4. The Kier molecular flexibility index (Phi) is 2.88. The van der Waals surface area contributed by atoms with E-state index in [0.29, 0.717) is 0 Å². The molecule has 0 aliphatic carbocycles. The highest BCUT2D eigenvalue weighted by Crippen LogP contribution is 2.18. The second-order valence-electron chi connectivity index (χ2n) is 1.56. The van der Waals surface area contributed by atoms with E-state index in [1.807, 2.05) is 0 Å². The van der Waals surface area contributed by atoms with Gasteiger partial charge in [0.2, 0.25) is 10.3 Å². The van der Waals surface area contributed by atoms with Crippen molar-refractivity contribution < 1.29 is 30.0 Å². The predicted octanol–water partition coefficient (Wildman–Crippen LogP) is -1.15. The van der Waals surface area contributed by atoms with Crippen molar-refractivity contribution in [3.05, 3.63) is 0 Å². The molecule has 5 nitrogen and oxygen atoms in total. The molecule has 0 heterocycles. The second-order valence-corrected chi connectivity index (χ2v) is 4.20. The van der Waals surface area contributed by atoms with Gasteiger partial charge in [-0.15, -0.1) is 0 Å². The van der Waals surface area contributed by atoms with Crippen LogP contribution in [0.2, 0.25) is 0 Å². The molecule has 0 fully saturated rings. The van der Waals surface area contributed by atoms with Crippen molar-refractivity contribution in [2.75, 3.05) is 0 Å². The number of primary sulfonamides is 1. The van der Waals surface area contributed by atoms with E-state index in [1.54, 1.807) is 0 Å². The summed E-state index contributed by atoms with van der Waals surface area (Å²) >= 11 is 0. The van der Waals surface area contributed by atoms with Crippen LogP contribution in [0.5, 0.6) is 0 Å². The second kappa shape index (κ2) is 3.03. The maximum absolute atomic E-state index is 11.6. The third-order valence-corrected chi connectivity index (χ3v) is 3.03. The molecule has 0 aromatic rings. The van der Waals surface area contributed by atoms with Gasteiger partial charge in [-0.05, 0) is 0 Å². The summed E-state index contributed by atoms with van der Waals surface area (Å²) in [5, 5.41) is 3.99. The molecule has 12 heavy (non-hydrogen) atoms. The molecule has 0 radical (unpaired) electrons. The fraction of sp³-hybridized carbons (Fsp3) is 0.500. The maximum atomic E-state index is 11.6. The van der Waals surface area contributed by atoms with E-state index in [-0.39, 0.29) is 0 Å². The van der Waals surface area contributed by atoms with Crippen molar-refractivity contribution >= 4 is 24.5 Å². The largest absolute Gasteiger partial charge is 0.443 e. The topological polar surface area (TPSA) is 94.3 Å². The molecule has 0 saturated carbocycles. The highest BCUT2D eigenvalue weighted by Gasteiger charge is 2.44. The Hall–Kier alpha value is -0.610. The molecule has 0 rings (SSSR count). The molecule has 0 saturated heterocycles. The Labute approximate surface area is 66.6 Å². The van der Waals surface area contributed by atoms with Gasteiger partial charge in [-0.1, -0.05) is 0 Å². The van der Waals surface area contributed by atoms with Crippen LogP contribution in [0, 0.1) is 0 Å². The summed E-state index contributed by atoms with van der Waals surface area (Å²) in [6, 6.07) is 0. The molecular weight excluding hydrogens is 223 g/mol. The number of rotatable bonds is 0. The normalized spacial score (nSPS) is 12.7. The minimum absolute atomic E-state index is 2.67. The molecule has 10 heteroatoms. The van der Waals surface area contributed by atoms with Gasteiger partial charge in [0.15, 0.2) is 0 Å². The minimum Gasteiger partial charge on any atom is -0.224 e. The van der Waals surface area contributed by atoms with Crippen LogP contribution in [0.3, 0.4) is 0 Å². The molecule has 0 spiro atoms. The van der Waals surface area contributed by atoms with Crippen LogP contribution in [0.15, 0.2) is 0 Å². The maximum Gasteiger partial charge on any atom is 0.443 e. The number of hydrogen-bond donors (Lipinski definition) is 1. The predicted molar refractivity (Wildman–Crippen MR) is 33.1 cm³/mol. The van der Waals surface area contributed by atoms with Gasteiger partial charge in [-0.2, -0.15) is 21.6 Å². The number of nitrogens with two attached hydrogens (primary N) is 1. The van der Waals surface area contributed by atoms with Gasteiger partial charge >= 0.3 is 6.18 Å². The summed E-state index contributed by atoms with van der Waals surface area (Å²) in [5.41, 5.74) is 0. The van der Waals surface area contributed by atoms with Gasteiger partial charge in [0.1, 0.15) is 0 Å². The molecule has 72 valence electrons. The zero-order valence-electron chi connectivity index (χ0n) is 5.16. The number of alkyl halides is 3. The molecule has 0 bridgehead atoms. The van der Waals surface area contributed by atoms with Crippen molar-refractivity contribution in [3.8, 4) is 0 Å². The van der Waals surface area contributed by atoms with E-state index in [1.165, 1.54) is 0 Å². The smallest absolute Gasteiger partial charge is 0.224 e. The zero-order valence-corrected chi connectivity index (χ0v) is 6.79. The average Bonchev–Trinajstić information content (AvgIpc) is 1.49. The van der Waals surface area contributed by atoms with Crippen molar-refractivity contribution in [2.45, 2.75) is 6.18 Å². The van der Waals surface area contributed by atoms with Crippen LogP contribution < -0.4 is 5.14 Å². The lowest BCUT2D eigenvalue weighted by Gasteiger charge is -2.02. The molecule has 0 amide bonds. The van der Waals surface area contributed by atoms with E-state index in [4.69, 9.17) is 0 Å². The number of halogens is 3. The first-order valence-electron chi connectivity index (χ1n) is 2.13. The summed E-state index contributed by atoms with van der Waals surface area (Å²) in [4.78, 5) is 0. The van der Waals surface area contributed by atoms with E-state index in [9.17, 15) is 30.0 Å². The van der Waals surface area contributed by atoms with Crippen molar-refractivity contribution in [1.82, 2.24) is 0 Å². The quantitative estimate of drug-likeness (QED) is 0.526. The fourth-order valence-electron chi connectivity index (χ4n) is 0.351. The molecule has 0 aromatic carbocycles. The summed E-state index contributed by atoms with van der Waals surface area (Å²) < 4.78 is 71.7. The third-order valence-electron chi connectivity index (χ3n) is 0.641. The van der Waals surface area contributed by atoms with Crippen LogP contribution >= 0.6 is 0 Å². The summed E-state index contributed by atoms with van der Waals surface area (Å²) in [7, 11) is -9.16. The average molecular weight is 225 g/mol. The van der Waals surface area contributed by atoms with Crippen molar-refractivity contribution in [3.63, 3.8) is 0 Å².